The maximum absolute atomic E-state index is 11.8. The molecule has 0 aliphatic rings. The fourth-order valence-electron chi connectivity index (χ4n) is 1.62. The summed E-state index contributed by atoms with van der Waals surface area (Å²) >= 11 is 3.56. The van der Waals surface area contributed by atoms with Crippen LogP contribution in [-0.2, 0) is 4.79 Å². The molecular formula is C14H13IN2O2S. The summed E-state index contributed by atoms with van der Waals surface area (Å²) in [6.45, 7) is 1.89. The van der Waals surface area contributed by atoms with Gasteiger partial charge < -0.3 is 10.6 Å². The van der Waals surface area contributed by atoms with Crippen LogP contribution in [-0.4, -0.2) is 18.4 Å². The van der Waals surface area contributed by atoms with Crippen molar-refractivity contribution < 1.29 is 9.59 Å². The smallest absolute Gasteiger partial charge is 0.261 e. The molecule has 0 fully saturated rings. The lowest BCUT2D eigenvalue weighted by Crippen LogP contribution is -2.32. The van der Waals surface area contributed by atoms with Crippen LogP contribution in [0.25, 0.3) is 0 Å². The highest BCUT2D eigenvalue weighted by Crippen LogP contribution is 2.17. The highest BCUT2D eigenvalue weighted by Gasteiger charge is 2.09. The van der Waals surface area contributed by atoms with Gasteiger partial charge in [-0.3, -0.25) is 9.59 Å². The van der Waals surface area contributed by atoms with E-state index in [-0.39, 0.29) is 18.4 Å². The number of carbonyl (C=O) groups is 2. The van der Waals surface area contributed by atoms with E-state index in [0.717, 1.165) is 14.8 Å². The van der Waals surface area contributed by atoms with Crippen LogP contribution in [0.3, 0.4) is 0 Å². The third-order valence-corrected chi connectivity index (χ3v) is 4.16. The van der Waals surface area contributed by atoms with Gasteiger partial charge >= 0.3 is 0 Å². The number of thiophene rings is 1. The molecule has 2 amide bonds. The summed E-state index contributed by atoms with van der Waals surface area (Å²) in [5, 5.41) is 7.20. The molecule has 1 aromatic heterocycles. The Kier molecular flexibility index (Phi) is 5.13. The van der Waals surface area contributed by atoms with E-state index < -0.39 is 0 Å². The van der Waals surface area contributed by atoms with Crippen molar-refractivity contribution >= 4 is 51.4 Å². The van der Waals surface area contributed by atoms with Gasteiger partial charge in [-0.25, -0.2) is 0 Å². The predicted molar refractivity (Wildman–Crippen MR) is 89.2 cm³/mol. The number of rotatable bonds is 4. The first-order chi connectivity index (χ1) is 9.56. The molecule has 104 valence electrons. The van der Waals surface area contributed by atoms with E-state index in [9.17, 15) is 9.59 Å². The van der Waals surface area contributed by atoms with Crippen molar-refractivity contribution in [3.63, 3.8) is 0 Å². The Balaban J connectivity index is 1.88. The number of aryl methyl sites for hydroxylation is 1. The first kappa shape index (κ1) is 15.0. The summed E-state index contributed by atoms with van der Waals surface area (Å²) in [6, 6.07) is 9.29. The molecule has 0 saturated heterocycles. The lowest BCUT2D eigenvalue weighted by Gasteiger charge is -2.09. The maximum Gasteiger partial charge on any atom is 0.261 e. The zero-order chi connectivity index (χ0) is 14.5. The summed E-state index contributed by atoms with van der Waals surface area (Å²) < 4.78 is 1.11. The second-order valence-electron chi connectivity index (χ2n) is 4.17. The van der Waals surface area contributed by atoms with Gasteiger partial charge in [-0.1, -0.05) is 6.07 Å². The Hall–Kier alpha value is -1.41. The van der Waals surface area contributed by atoms with Crippen LogP contribution >= 0.6 is 33.9 Å². The molecule has 0 aliphatic heterocycles. The van der Waals surface area contributed by atoms with E-state index in [1.807, 2.05) is 30.5 Å². The van der Waals surface area contributed by atoms with Gasteiger partial charge in [0.1, 0.15) is 0 Å². The van der Waals surface area contributed by atoms with Gasteiger partial charge in [-0.15, -0.1) is 11.3 Å². The molecule has 0 spiro atoms. The van der Waals surface area contributed by atoms with Gasteiger partial charge in [0.25, 0.3) is 5.91 Å². The van der Waals surface area contributed by atoms with Gasteiger partial charge in [-0.2, -0.15) is 0 Å². The Labute approximate surface area is 134 Å². The van der Waals surface area contributed by atoms with Crippen LogP contribution in [0.5, 0.6) is 0 Å². The second kappa shape index (κ2) is 6.85. The molecule has 4 nitrogen and oxygen atoms in total. The number of amides is 2. The lowest BCUT2D eigenvalue weighted by molar-refractivity contribution is -0.115. The number of nitrogens with one attached hydrogen (secondary N) is 2. The first-order valence-corrected chi connectivity index (χ1v) is 7.90. The molecule has 2 aromatic rings. The van der Waals surface area contributed by atoms with Gasteiger partial charge in [0.05, 0.1) is 11.4 Å². The Bertz CT molecular complexity index is 626. The molecule has 0 bridgehead atoms. The van der Waals surface area contributed by atoms with E-state index in [0.29, 0.717) is 4.88 Å². The van der Waals surface area contributed by atoms with Gasteiger partial charge in [0, 0.05) is 9.26 Å². The Morgan fingerprint density at radius 3 is 2.75 bits per heavy atom. The number of hydrogen-bond acceptors (Lipinski definition) is 3. The van der Waals surface area contributed by atoms with Crippen LogP contribution in [0.4, 0.5) is 5.69 Å². The van der Waals surface area contributed by atoms with Crippen molar-refractivity contribution in [2.45, 2.75) is 6.92 Å². The maximum atomic E-state index is 11.8. The largest absolute Gasteiger partial charge is 0.342 e. The van der Waals surface area contributed by atoms with Gasteiger partial charge in [0.15, 0.2) is 0 Å². The molecule has 0 saturated carbocycles. The Morgan fingerprint density at radius 1 is 1.30 bits per heavy atom. The number of benzene rings is 1. The molecule has 0 unspecified atom stereocenters. The quantitative estimate of drug-likeness (QED) is 0.776. The van der Waals surface area contributed by atoms with E-state index in [2.05, 4.69) is 33.2 Å². The summed E-state index contributed by atoms with van der Waals surface area (Å²) in [4.78, 5) is 24.1. The van der Waals surface area contributed by atoms with E-state index in [1.54, 1.807) is 12.1 Å². The first-order valence-electron chi connectivity index (χ1n) is 5.94. The summed E-state index contributed by atoms with van der Waals surface area (Å²) in [6.07, 6.45) is 0. The van der Waals surface area contributed by atoms with Gasteiger partial charge in [-0.05, 0) is 64.7 Å². The van der Waals surface area contributed by atoms with Crippen LogP contribution in [0.2, 0.25) is 0 Å². The fourth-order valence-corrected chi connectivity index (χ4v) is 2.90. The van der Waals surface area contributed by atoms with Crippen LogP contribution in [0, 0.1) is 10.5 Å². The van der Waals surface area contributed by atoms with Crippen LogP contribution in [0.1, 0.15) is 15.2 Å². The molecule has 0 aliphatic carbocycles. The molecule has 20 heavy (non-hydrogen) atoms. The topological polar surface area (TPSA) is 58.2 Å². The minimum absolute atomic E-state index is 0.0395. The van der Waals surface area contributed by atoms with Crippen molar-refractivity contribution in [3.8, 4) is 0 Å². The molecule has 6 heteroatoms. The zero-order valence-electron chi connectivity index (χ0n) is 10.8. The van der Waals surface area contributed by atoms with Crippen LogP contribution in [0.15, 0.2) is 35.7 Å². The number of carbonyl (C=O) groups excluding carboxylic acids is 2. The standard InChI is InChI=1S/C14H13IN2O2S/c1-9-7-10(15)4-5-11(9)17-13(18)8-16-14(19)12-3-2-6-20-12/h2-7H,8H2,1H3,(H,16,19)(H,17,18). The molecule has 1 aromatic carbocycles. The molecular weight excluding hydrogens is 387 g/mol. The molecule has 2 N–H and O–H groups in total. The molecule has 0 radical (unpaired) electrons. The second-order valence-corrected chi connectivity index (χ2v) is 6.36. The highest BCUT2D eigenvalue weighted by molar-refractivity contribution is 14.1. The monoisotopic (exact) mass is 400 g/mol. The minimum Gasteiger partial charge on any atom is -0.342 e. The SMILES string of the molecule is Cc1cc(I)ccc1NC(=O)CNC(=O)c1cccs1. The number of anilines is 1. The van der Waals surface area contributed by atoms with Gasteiger partial charge in [0.2, 0.25) is 5.91 Å². The zero-order valence-corrected chi connectivity index (χ0v) is 13.7. The fraction of sp³-hybridized carbons (Fsp3) is 0.143. The third kappa shape index (κ3) is 4.04. The predicted octanol–water partition coefficient (Wildman–Crippen LogP) is 3.03. The van der Waals surface area contributed by atoms with Crippen molar-refractivity contribution in [1.29, 1.82) is 0 Å². The molecule has 1 heterocycles. The van der Waals surface area contributed by atoms with Crippen LogP contribution < -0.4 is 10.6 Å². The van der Waals surface area contributed by atoms with Crippen molar-refractivity contribution in [3.05, 3.63) is 49.7 Å². The average Bonchev–Trinajstić information content (AvgIpc) is 2.93. The minimum atomic E-state index is -0.237. The van der Waals surface area contributed by atoms with Crippen molar-refractivity contribution in [2.24, 2.45) is 0 Å². The number of hydrogen-bond donors (Lipinski definition) is 2. The molecule has 2 rings (SSSR count). The summed E-state index contributed by atoms with van der Waals surface area (Å²) in [7, 11) is 0. The van der Waals surface area contributed by atoms with E-state index in [4.69, 9.17) is 0 Å². The lowest BCUT2D eigenvalue weighted by atomic mass is 10.2. The normalized spacial score (nSPS) is 10.1. The Morgan fingerprint density at radius 2 is 2.10 bits per heavy atom. The van der Waals surface area contributed by atoms with E-state index >= 15 is 0 Å². The number of halogens is 1. The van der Waals surface area contributed by atoms with Crippen molar-refractivity contribution in [1.82, 2.24) is 5.32 Å². The third-order valence-electron chi connectivity index (χ3n) is 2.62. The highest BCUT2D eigenvalue weighted by atomic mass is 127. The van der Waals surface area contributed by atoms with E-state index in [1.165, 1.54) is 11.3 Å². The van der Waals surface area contributed by atoms with Crippen molar-refractivity contribution in [2.75, 3.05) is 11.9 Å². The molecule has 0 atom stereocenters. The summed E-state index contributed by atoms with van der Waals surface area (Å²) in [5.41, 5.74) is 1.76. The average molecular weight is 400 g/mol. The summed E-state index contributed by atoms with van der Waals surface area (Å²) in [5.74, 6) is -0.464.